The maximum atomic E-state index is 12.7. The molecule has 0 aliphatic carbocycles. The maximum absolute atomic E-state index is 12.7. The molecule has 0 aromatic carbocycles. The second kappa shape index (κ2) is 38.4. The first-order valence-corrected chi connectivity index (χ1v) is 23.0. The van der Waals surface area contributed by atoms with E-state index in [1.54, 1.807) is 0 Å². The minimum Gasteiger partial charge on any atom is -0.462 e. The number of likely N-dealkylation sites (N-methyl/N-ethyl adjacent to an activating group) is 1. The van der Waals surface area contributed by atoms with Crippen molar-refractivity contribution in [1.82, 2.24) is 0 Å². The van der Waals surface area contributed by atoms with Gasteiger partial charge in [0.2, 0.25) is 0 Å². The van der Waals surface area contributed by atoms with Crippen LogP contribution < -0.4 is 0 Å². The van der Waals surface area contributed by atoms with Gasteiger partial charge in [0.25, 0.3) is 0 Å². The number of rotatable bonds is 37. The van der Waals surface area contributed by atoms with Crippen molar-refractivity contribution in [3.05, 3.63) is 97.2 Å². The molecule has 0 aliphatic rings. The third-order valence-corrected chi connectivity index (χ3v) is 9.35. The summed E-state index contributed by atoms with van der Waals surface area (Å²) in [5.41, 5.74) is 0. The zero-order chi connectivity index (χ0) is 42.1. The van der Waals surface area contributed by atoms with Crippen LogP contribution in [0.25, 0.3) is 0 Å². The van der Waals surface area contributed by atoms with Crippen molar-refractivity contribution in [2.45, 2.75) is 142 Å². The van der Waals surface area contributed by atoms with Crippen molar-refractivity contribution >= 4 is 19.8 Å². The first kappa shape index (κ1) is 53.9. The molecule has 0 aliphatic heterocycles. The van der Waals surface area contributed by atoms with Crippen LogP contribution in [0.3, 0.4) is 0 Å². The van der Waals surface area contributed by atoms with Gasteiger partial charge in [-0.2, -0.15) is 0 Å². The number of hydrogen-bond donors (Lipinski definition) is 1. The van der Waals surface area contributed by atoms with Crippen LogP contribution >= 0.6 is 7.82 Å². The van der Waals surface area contributed by atoms with Crippen LogP contribution in [0.15, 0.2) is 97.2 Å². The number of allylic oxidation sites excluding steroid dienone is 16. The highest BCUT2D eigenvalue weighted by Gasteiger charge is 2.27. The zero-order valence-corrected chi connectivity index (χ0v) is 37.2. The van der Waals surface area contributed by atoms with Gasteiger partial charge in [0.1, 0.15) is 19.8 Å². The molecule has 0 saturated heterocycles. The molecule has 0 saturated carbocycles. The first-order valence-electron chi connectivity index (χ1n) is 21.5. The lowest BCUT2D eigenvalue weighted by Crippen LogP contribution is -2.37. The Hall–Kier alpha value is -3.07. The topological polar surface area (TPSA) is 108 Å². The average Bonchev–Trinajstić information content (AvgIpc) is 3.16. The molecule has 1 N–H and O–H groups in total. The molecule has 1 unspecified atom stereocenters. The molecular formula is C47H79NO8P+. The predicted octanol–water partition coefficient (Wildman–Crippen LogP) is 12.2. The van der Waals surface area contributed by atoms with Gasteiger partial charge in [-0.3, -0.25) is 18.6 Å². The van der Waals surface area contributed by atoms with Crippen molar-refractivity contribution in [3.8, 4) is 0 Å². The minimum absolute atomic E-state index is 0.0101. The van der Waals surface area contributed by atoms with E-state index in [4.69, 9.17) is 18.5 Å². The Bertz CT molecular complexity index is 1290. The van der Waals surface area contributed by atoms with Crippen LogP contribution in [-0.4, -0.2) is 74.9 Å². The Kier molecular flexibility index (Phi) is 36.4. The van der Waals surface area contributed by atoms with Crippen LogP contribution in [0.1, 0.15) is 136 Å². The number of carbonyl (C=O) groups is 2. The summed E-state index contributed by atoms with van der Waals surface area (Å²) in [7, 11) is 1.40. The molecular weight excluding hydrogens is 737 g/mol. The number of nitrogens with zero attached hydrogens (tertiary/aromatic N) is 1. The van der Waals surface area contributed by atoms with Gasteiger partial charge in [-0.15, -0.1) is 0 Å². The van der Waals surface area contributed by atoms with Gasteiger partial charge in [0.15, 0.2) is 6.10 Å². The van der Waals surface area contributed by atoms with Gasteiger partial charge in [0.05, 0.1) is 27.7 Å². The molecule has 0 aromatic rings. The summed E-state index contributed by atoms with van der Waals surface area (Å²) in [6.07, 6.45) is 50.4. The standard InChI is InChI=1S/C47H78NO8P/c1-6-8-10-12-14-16-18-20-22-23-24-25-26-28-30-32-34-36-38-40-47(50)56-45(44-55-57(51,52)54-42-41-48(3,4)5)43-53-46(49)39-37-35-33-31-29-27-21-19-17-15-13-11-9-7-2/h8,10,13-16,19-22,24-25,28,30,34,36,45H,6-7,9,11-12,17-18,23,26-27,29,31-33,35,37-44H2,1-5H3/p+1/b10-8+,15-13+,16-14+,21-19+,22-20+,25-24+,30-28+,36-34+/t45-/m1/s1. The van der Waals surface area contributed by atoms with E-state index in [-0.39, 0.29) is 26.1 Å². The Morgan fingerprint density at radius 3 is 1.56 bits per heavy atom. The van der Waals surface area contributed by atoms with E-state index in [2.05, 4.69) is 98.9 Å². The van der Waals surface area contributed by atoms with Gasteiger partial charge in [0, 0.05) is 12.8 Å². The Morgan fingerprint density at radius 1 is 0.561 bits per heavy atom. The van der Waals surface area contributed by atoms with Crippen LogP contribution in [-0.2, 0) is 32.7 Å². The highest BCUT2D eigenvalue weighted by Crippen LogP contribution is 2.43. The van der Waals surface area contributed by atoms with Crippen molar-refractivity contribution < 1.29 is 42.1 Å². The molecule has 57 heavy (non-hydrogen) atoms. The molecule has 10 heteroatoms. The third-order valence-electron chi connectivity index (χ3n) is 8.36. The van der Waals surface area contributed by atoms with Gasteiger partial charge < -0.3 is 18.9 Å². The van der Waals surface area contributed by atoms with Crippen LogP contribution in [0.2, 0.25) is 0 Å². The van der Waals surface area contributed by atoms with E-state index in [9.17, 15) is 19.0 Å². The number of ether oxygens (including phenoxy) is 2. The monoisotopic (exact) mass is 817 g/mol. The Labute approximate surface area is 347 Å². The van der Waals surface area contributed by atoms with Crippen molar-refractivity contribution in [2.24, 2.45) is 0 Å². The number of quaternary nitrogens is 1. The van der Waals surface area contributed by atoms with E-state index >= 15 is 0 Å². The van der Waals surface area contributed by atoms with E-state index in [1.165, 1.54) is 12.8 Å². The summed E-state index contributed by atoms with van der Waals surface area (Å²) in [5, 5.41) is 0. The van der Waals surface area contributed by atoms with E-state index in [0.717, 1.165) is 83.5 Å². The highest BCUT2D eigenvalue weighted by atomic mass is 31.2. The van der Waals surface area contributed by atoms with E-state index < -0.39 is 32.5 Å². The number of carbonyl (C=O) groups excluding carboxylic acids is 2. The van der Waals surface area contributed by atoms with Crippen molar-refractivity contribution in [1.29, 1.82) is 0 Å². The Balaban J connectivity index is 4.55. The molecule has 0 spiro atoms. The largest absolute Gasteiger partial charge is 0.472 e. The Morgan fingerprint density at radius 2 is 1.04 bits per heavy atom. The van der Waals surface area contributed by atoms with Crippen LogP contribution in [0, 0.1) is 0 Å². The summed E-state index contributed by atoms with van der Waals surface area (Å²) in [6, 6.07) is 0. The summed E-state index contributed by atoms with van der Waals surface area (Å²) in [5.74, 6) is -0.925. The average molecular weight is 817 g/mol. The first-order chi connectivity index (χ1) is 27.5. The summed E-state index contributed by atoms with van der Waals surface area (Å²) in [4.78, 5) is 35.3. The fraction of sp³-hybridized carbons (Fsp3) is 0.617. The van der Waals surface area contributed by atoms with Gasteiger partial charge in [-0.25, -0.2) is 4.57 Å². The third kappa shape index (κ3) is 42.4. The summed E-state index contributed by atoms with van der Waals surface area (Å²) >= 11 is 0. The van der Waals surface area contributed by atoms with Gasteiger partial charge in [-0.05, 0) is 77.0 Å². The second-order valence-electron chi connectivity index (χ2n) is 15.0. The molecule has 2 atom stereocenters. The van der Waals surface area contributed by atoms with Gasteiger partial charge >= 0.3 is 19.8 Å². The number of phosphoric ester groups is 1. The highest BCUT2D eigenvalue weighted by molar-refractivity contribution is 7.47. The zero-order valence-electron chi connectivity index (χ0n) is 36.3. The molecule has 9 nitrogen and oxygen atoms in total. The smallest absolute Gasteiger partial charge is 0.462 e. The minimum atomic E-state index is -4.40. The number of hydrogen-bond acceptors (Lipinski definition) is 7. The SMILES string of the molecule is CC/C=C/C/C=C/C/C=C/C/C=C/C/C=C/C/C=C/CCC(=O)O[C@H](COC(=O)CCCCCCC/C=C/C/C=C/CCCC)COP(=O)(O)OCC[N+](C)(C)C. The molecule has 324 valence electrons. The van der Waals surface area contributed by atoms with Crippen LogP contribution in [0.4, 0.5) is 0 Å². The fourth-order valence-corrected chi connectivity index (χ4v) is 5.74. The molecule has 0 bridgehead atoms. The fourth-order valence-electron chi connectivity index (χ4n) is 5.00. The summed E-state index contributed by atoms with van der Waals surface area (Å²) < 4.78 is 34.2. The molecule has 0 amide bonds. The number of unbranched alkanes of at least 4 members (excludes halogenated alkanes) is 7. The predicted molar refractivity (Wildman–Crippen MR) is 238 cm³/mol. The second-order valence-corrected chi connectivity index (χ2v) is 16.4. The van der Waals surface area contributed by atoms with Crippen molar-refractivity contribution in [2.75, 3.05) is 47.5 Å². The molecule has 0 radical (unpaired) electrons. The van der Waals surface area contributed by atoms with Crippen LogP contribution in [0.5, 0.6) is 0 Å². The van der Waals surface area contributed by atoms with E-state index in [1.807, 2.05) is 33.3 Å². The normalized spacial score (nSPS) is 14.6. The molecule has 0 heterocycles. The molecule has 0 fully saturated rings. The van der Waals surface area contributed by atoms with Crippen molar-refractivity contribution in [3.63, 3.8) is 0 Å². The lowest BCUT2D eigenvalue weighted by molar-refractivity contribution is -0.870. The number of esters is 2. The van der Waals surface area contributed by atoms with E-state index in [0.29, 0.717) is 23.9 Å². The summed E-state index contributed by atoms with van der Waals surface area (Å²) in [6.45, 7) is 4.13. The lowest BCUT2D eigenvalue weighted by Gasteiger charge is -2.24. The molecule has 0 rings (SSSR count). The van der Waals surface area contributed by atoms with Gasteiger partial charge in [-0.1, -0.05) is 143 Å². The maximum Gasteiger partial charge on any atom is 0.472 e. The quantitative estimate of drug-likeness (QED) is 0.0217. The lowest BCUT2D eigenvalue weighted by atomic mass is 10.1. The number of phosphoric acid groups is 1. The molecule has 0 aromatic heterocycles.